The Labute approximate surface area is 152 Å². The van der Waals surface area contributed by atoms with Crippen molar-refractivity contribution in [3.63, 3.8) is 0 Å². The molecule has 2 aromatic rings. The second-order valence-corrected chi connectivity index (χ2v) is 6.18. The van der Waals surface area contributed by atoms with Gasteiger partial charge in [-0.25, -0.2) is 4.79 Å². The van der Waals surface area contributed by atoms with Gasteiger partial charge in [-0.1, -0.05) is 18.2 Å². The fraction of sp³-hybridized carbons (Fsp3) is 0.450. The zero-order valence-electron chi connectivity index (χ0n) is 14.9. The van der Waals surface area contributed by atoms with Crippen LogP contribution in [0.4, 0.5) is 0 Å². The Balaban J connectivity index is 1.79. The molecule has 140 valence electrons. The standard InChI is InChI=1S/C20H24O6/c1-2-6-16-14(10-12-24-19-9-3-4-11-23-19)15-7-5-8-17(20(15)26-16)25-13-18(21)22/h2,5-8,19H,3-4,9-13H2,1H3,(H,21,22). The van der Waals surface area contributed by atoms with E-state index in [0.717, 1.165) is 42.6 Å². The van der Waals surface area contributed by atoms with Crippen molar-refractivity contribution in [2.24, 2.45) is 0 Å². The lowest BCUT2D eigenvalue weighted by molar-refractivity contribution is -0.161. The maximum Gasteiger partial charge on any atom is 0.341 e. The van der Waals surface area contributed by atoms with E-state index in [1.807, 2.05) is 31.2 Å². The molecule has 0 bridgehead atoms. The van der Waals surface area contributed by atoms with Crippen molar-refractivity contribution in [3.05, 3.63) is 35.6 Å². The molecule has 26 heavy (non-hydrogen) atoms. The number of ether oxygens (including phenoxy) is 3. The Bertz CT molecular complexity index is 770. The smallest absolute Gasteiger partial charge is 0.341 e. The maximum atomic E-state index is 10.8. The fourth-order valence-corrected chi connectivity index (χ4v) is 3.10. The first-order valence-corrected chi connectivity index (χ1v) is 8.94. The van der Waals surface area contributed by atoms with Crippen molar-refractivity contribution in [2.75, 3.05) is 19.8 Å². The predicted molar refractivity (Wildman–Crippen MR) is 97.3 cm³/mol. The van der Waals surface area contributed by atoms with Gasteiger partial charge in [0.2, 0.25) is 0 Å². The molecule has 1 aliphatic rings. The van der Waals surface area contributed by atoms with Crippen LogP contribution in [-0.2, 0) is 20.7 Å². The molecule has 1 unspecified atom stereocenters. The van der Waals surface area contributed by atoms with Gasteiger partial charge in [-0.3, -0.25) is 0 Å². The topological polar surface area (TPSA) is 78.1 Å². The number of para-hydroxylation sites is 1. The highest BCUT2D eigenvalue weighted by Crippen LogP contribution is 2.34. The molecular formula is C20H24O6. The van der Waals surface area contributed by atoms with Crippen LogP contribution in [0.15, 0.2) is 28.7 Å². The molecule has 6 heteroatoms. The number of carboxylic acids is 1. The summed E-state index contributed by atoms with van der Waals surface area (Å²) in [5.74, 6) is 0.142. The summed E-state index contributed by atoms with van der Waals surface area (Å²) in [6, 6.07) is 5.50. The lowest BCUT2D eigenvalue weighted by atomic mass is 10.1. The number of hydrogen-bond acceptors (Lipinski definition) is 5. The Hall–Kier alpha value is -2.31. The Morgan fingerprint density at radius 2 is 2.27 bits per heavy atom. The highest BCUT2D eigenvalue weighted by Gasteiger charge is 2.18. The largest absolute Gasteiger partial charge is 0.479 e. The molecule has 1 aromatic carbocycles. The van der Waals surface area contributed by atoms with Gasteiger partial charge in [0.1, 0.15) is 5.76 Å². The van der Waals surface area contributed by atoms with Crippen LogP contribution in [-0.4, -0.2) is 37.2 Å². The van der Waals surface area contributed by atoms with E-state index in [4.69, 9.17) is 23.7 Å². The van der Waals surface area contributed by atoms with Crippen LogP contribution in [0.5, 0.6) is 5.75 Å². The molecule has 1 aromatic heterocycles. The summed E-state index contributed by atoms with van der Waals surface area (Å²) >= 11 is 0. The van der Waals surface area contributed by atoms with Crippen molar-refractivity contribution < 1.29 is 28.5 Å². The van der Waals surface area contributed by atoms with Crippen LogP contribution < -0.4 is 4.74 Å². The number of allylic oxidation sites excluding steroid dienone is 1. The van der Waals surface area contributed by atoms with E-state index in [0.29, 0.717) is 24.4 Å². The van der Waals surface area contributed by atoms with Gasteiger partial charge in [0.05, 0.1) is 6.61 Å². The molecule has 6 nitrogen and oxygen atoms in total. The molecule has 0 saturated carbocycles. The number of carboxylic acid groups (broad SMARTS) is 1. The van der Waals surface area contributed by atoms with Crippen molar-refractivity contribution in [1.29, 1.82) is 0 Å². The molecule has 0 spiro atoms. The molecule has 1 atom stereocenters. The minimum absolute atomic E-state index is 0.124. The van der Waals surface area contributed by atoms with E-state index in [1.54, 1.807) is 6.07 Å². The first kappa shape index (κ1) is 18.5. The monoisotopic (exact) mass is 360 g/mol. The van der Waals surface area contributed by atoms with Gasteiger partial charge in [0, 0.05) is 24.0 Å². The number of aliphatic carboxylic acids is 1. The van der Waals surface area contributed by atoms with Gasteiger partial charge in [-0.05, 0) is 38.3 Å². The highest BCUT2D eigenvalue weighted by atomic mass is 16.7. The average molecular weight is 360 g/mol. The van der Waals surface area contributed by atoms with Gasteiger partial charge in [-0.15, -0.1) is 0 Å². The van der Waals surface area contributed by atoms with Gasteiger partial charge >= 0.3 is 5.97 Å². The molecule has 1 saturated heterocycles. The Morgan fingerprint density at radius 1 is 1.38 bits per heavy atom. The zero-order valence-corrected chi connectivity index (χ0v) is 14.9. The van der Waals surface area contributed by atoms with Crippen LogP contribution in [0.3, 0.4) is 0 Å². The summed E-state index contributed by atoms with van der Waals surface area (Å²) < 4.78 is 22.8. The van der Waals surface area contributed by atoms with E-state index in [-0.39, 0.29) is 6.29 Å². The van der Waals surface area contributed by atoms with E-state index >= 15 is 0 Å². The fourth-order valence-electron chi connectivity index (χ4n) is 3.10. The third-order valence-corrected chi connectivity index (χ3v) is 4.28. The summed E-state index contributed by atoms with van der Waals surface area (Å²) in [5.41, 5.74) is 1.58. The number of carbonyl (C=O) groups is 1. The normalized spacial score (nSPS) is 17.8. The third kappa shape index (κ3) is 4.45. The first-order chi connectivity index (χ1) is 12.7. The molecular weight excluding hydrogens is 336 g/mol. The van der Waals surface area contributed by atoms with Crippen LogP contribution in [0.25, 0.3) is 17.0 Å². The van der Waals surface area contributed by atoms with Gasteiger partial charge < -0.3 is 23.7 Å². The molecule has 0 amide bonds. The lowest BCUT2D eigenvalue weighted by Crippen LogP contribution is -2.23. The lowest BCUT2D eigenvalue weighted by Gasteiger charge is -2.22. The van der Waals surface area contributed by atoms with Crippen LogP contribution in [0, 0.1) is 0 Å². The minimum Gasteiger partial charge on any atom is -0.479 e. The first-order valence-electron chi connectivity index (χ1n) is 8.94. The maximum absolute atomic E-state index is 10.8. The number of hydrogen-bond donors (Lipinski definition) is 1. The van der Waals surface area contributed by atoms with Crippen LogP contribution >= 0.6 is 0 Å². The summed E-state index contributed by atoms with van der Waals surface area (Å²) in [4.78, 5) is 10.8. The Morgan fingerprint density at radius 3 is 3.00 bits per heavy atom. The molecule has 1 N–H and O–H groups in total. The van der Waals surface area contributed by atoms with Crippen LogP contribution in [0.2, 0.25) is 0 Å². The number of furan rings is 1. The molecule has 1 aliphatic heterocycles. The molecule has 0 radical (unpaired) electrons. The van der Waals surface area contributed by atoms with Gasteiger partial charge in [0.25, 0.3) is 0 Å². The molecule has 2 heterocycles. The van der Waals surface area contributed by atoms with E-state index in [9.17, 15) is 4.79 Å². The second-order valence-electron chi connectivity index (χ2n) is 6.18. The van der Waals surface area contributed by atoms with Gasteiger partial charge in [-0.2, -0.15) is 0 Å². The number of benzene rings is 1. The summed E-state index contributed by atoms with van der Waals surface area (Å²) in [7, 11) is 0. The summed E-state index contributed by atoms with van der Waals surface area (Å²) in [6.45, 7) is 2.80. The van der Waals surface area contributed by atoms with Crippen LogP contribution in [0.1, 0.15) is 37.5 Å². The summed E-state index contributed by atoms with van der Waals surface area (Å²) in [5, 5.41) is 9.75. The average Bonchev–Trinajstić information content (AvgIpc) is 2.99. The highest BCUT2D eigenvalue weighted by molar-refractivity contribution is 5.89. The van der Waals surface area contributed by atoms with E-state index < -0.39 is 12.6 Å². The Kier molecular flexibility index (Phi) is 6.30. The van der Waals surface area contributed by atoms with E-state index in [2.05, 4.69) is 0 Å². The number of rotatable bonds is 8. The quantitative estimate of drug-likeness (QED) is 0.766. The molecule has 0 aliphatic carbocycles. The summed E-state index contributed by atoms with van der Waals surface area (Å²) in [6.07, 6.45) is 7.51. The van der Waals surface area contributed by atoms with Crippen molar-refractivity contribution in [2.45, 2.75) is 38.9 Å². The minimum atomic E-state index is -1.02. The van der Waals surface area contributed by atoms with Crippen molar-refractivity contribution >= 4 is 23.0 Å². The van der Waals surface area contributed by atoms with Gasteiger partial charge in [0.15, 0.2) is 24.2 Å². The third-order valence-electron chi connectivity index (χ3n) is 4.28. The predicted octanol–water partition coefficient (Wildman–Crippen LogP) is 4.02. The number of fused-ring (bicyclic) bond motifs is 1. The molecule has 3 rings (SSSR count). The van der Waals surface area contributed by atoms with Crippen molar-refractivity contribution in [3.8, 4) is 5.75 Å². The zero-order chi connectivity index (χ0) is 18.4. The second kappa shape index (κ2) is 8.87. The van der Waals surface area contributed by atoms with Crippen molar-refractivity contribution in [1.82, 2.24) is 0 Å². The molecule has 1 fully saturated rings. The SMILES string of the molecule is CC=Cc1oc2c(OCC(=O)O)cccc2c1CCOC1CCCCO1. The van der Waals surface area contributed by atoms with E-state index in [1.165, 1.54) is 0 Å².